The van der Waals surface area contributed by atoms with Gasteiger partial charge in [-0.05, 0) is 24.5 Å². The first-order chi connectivity index (χ1) is 11.0. The summed E-state index contributed by atoms with van der Waals surface area (Å²) in [5.41, 5.74) is 2.29. The van der Waals surface area contributed by atoms with E-state index in [-0.39, 0.29) is 5.41 Å². The number of ether oxygens (including phenoxy) is 1. The Morgan fingerprint density at radius 3 is 2.65 bits per heavy atom. The number of hydrogen-bond acceptors (Lipinski definition) is 4. The van der Waals surface area contributed by atoms with Gasteiger partial charge in [-0.2, -0.15) is 0 Å². The van der Waals surface area contributed by atoms with Gasteiger partial charge in [-0.25, -0.2) is 0 Å². The predicted molar refractivity (Wildman–Crippen MR) is 90.2 cm³/mol. The third kappa shape index (κ3) is 3.28. The molecule has 1 unspecified atom stereocenters. The predicted octanol–water partition coefficient (Wildman–Crippen LogP) is 1.42. The molecule has 2 aromatic rings. The van der Waals surface area contributed by atoms with E-state index in [9.17, 15) is 10.2 Å². The second kappa shape index (κ2) is 6.61. The van der Waals surface area contributed by atoms with Crippen LogP contribution in [0.5, 0.6) is 0 Å². The average molecular weight is 318 g/mol. The average Bonchev–Trinajstić information content (AvgIpc) is 2.98. The van der Waals surface area contributed by atoms with Crippen molar-refractivity contribution in [3.05, 3.63) is 36.0 Å². The van der Waals surface area contributed by atoms with Crippen LogP contribution >= 0.6 is 0 Å². The van der Waals surface area contributed by atoms with E-state index < -0.39 is 12.2 Å². The largest absolute Gasteiger partial charge is 0.390 e. The number of para-hydroxylation sites is 1. The maximum atomic E-state index is 9.88. The molecule has 1 aliphatic carbocycles. The fourth-order valence-corrected chi connectivity index (χ4v) is 3.89. The number of aliphatic hydroxyl groups excluding tert-OH is 2. The highest BCUT2D eigenvalue weighted by Crippen LogP contribution is 2.38. The van der Waals surface area contributed by atoms with Gasteiger partial charge in [-0.1, -0.05) is 18.2 Å². The molecule has 3 rings (SSSR count). The van der Waals surface area contributed by atoms with Crippen molar-refractivity contribution in [3.8, 4) is 0 Å². The summed E-state index contributed by atoms with van der Waals surface area (Å²) in [5.74, 6) is 0. The lowest BCUT2D eigenvalue weighted by Gasteiger charge is -2.28. The van der Waals surface area contributed by atoms with Gasteiger partial charge in [0.2, 0.25) is 0 Å². The molecule has 1 fully saturated rings. The molecule has 3 N–H and O–H groups in total. The minimum atomic E-state index is -0.649. The zero-order valence-electron chi connectivity index (χ0n) is 13.8. The summed E-state index contributed by atoms with van der Waals surface area (Å²) in [6.07, 6.45) is 2.00. The summed E-state index contributed by atoms with van der Waals surface area (Å²) in [6.45, 7) is 2.03. The van der Waals surface area contributed by atoms with Crippen molar-refractivity contribution in [2.75, 3.05) is 20.3 Å². The Morgan fingerprint density at radius 2 is 1.96 bits per heavy atom. The topological polar surface area (TPSA) is 66.7 Å². The first-order valence-electron chi connectivity index (χ1n) is 8.13. The molecule has 5 heteroatoms. The number of aliphatic hydroxyl groups is 2. The number of methoxy groups -OCH3 is 1. The van der Waals surface area contributed by atoms with E-state index in [1.807, 2.05) is 0 Å². The normalized spacial score (nSPS) is 27.8. The molecule has 0 amide bonds. The van der Waals surface area contributed by atoms with Crippen molar-refractivity contribution in [2.24, 2.45) is 12.5 Å². The van der Waals surface area contributed by atoms with Crippen LogP contribution in [-0.2, 0) is 18.3 Å². The Kier molecular flexibility index (Phi) is 4.73. The first kappa shape index (κ1) is 16.5. The van der Waals surface area contributed by atoms with E-state index in [2.05, 4.69) is 47.4 Å². The number of nitrogens with one attached hydrogen (secondary N) is 1. The quantitative estimate of drug-likeness (QED) is 0.753. The number of fused-ring (bicyclic) bond motifs is 1. The minimum Gasteiger partial charge on any atom is -0.390 e. The molecule has 0 saturated heterocycles. The highest BCUT2D eigenvalue weighted by molar-refractivity contribution is 5.83. The fraction of sp³-hybridized carbons (Fsp3) is 0.556. The zero-order chi connectivity index (χ0) is 16.4. The molecular weight excluding hydrogens is 292 g/mol. The molecule has 0 spiro atoms. The second-order valence-corrected chi connectivity index (χ2v) is 6.86. The Bertz CT molecular complexity index is 657. The number of aromatic nitrogens is 1. The lowest BCUT2D eigenvalue weighted by molar-refractivity contribution is 0.0438. The maximum Gasteiger partial charge on any atom is 0.0806 e. The summed E-state index contributed by atoms with van der Waals surface area (Å²) < 4.78 is 7.48. The summed E-state index contributed by atoms with van der Waals surface area (Å²) in [4.78, 5) is 0. The molecule has 1 heterocycles. The molecule has 5 nitrogen and oxygen atoms in total. The molecule has 0 bridgehead atoms. The molecule has 1 aliphatic rings. The monoisotopic (exact) mass is 318 g/mol. The molecule has 1 aromatic heterocycles. The molecule has 1 saturated carbocycles. The number of rotatable bonds is 6. The standard InChI is InChI=1S/C18H26N2O3/c1-20-10-13(14-5-3-4-6-15(14)20)9-19-11-18(12-23-2)7-16(21)17(22)8-18/h3-6,10,16-17,19,21-22H,7-9,11-12H2,1-2H3/t16-,17+,18?. The van der Waals surface area contributed by atoms with Crippen LogP contribution in [0, 0.1) is 5.41 Å². The van der Waals surface area contributed by atoms with Crippen molar-refractivity contribution < 1.29 is 14.9 Å². The molecule has 1 aromatic carbocycles. The van der Waals surface area contributed by atoms with Crippen LogP contribution in [0.2, 0.25) is 0 Å². The Balaban J connectivity index is 1.68. The second-order valence-electron chi connectivity index (χ2n) is 6.86. The lowest BCUT2D eigenvalue weighted by Crippen LogP contribution is -2.36. The van der Waals surface area contributed by atoms with Gasteiger partial charge >= 0.3 is 0 Å². The Morgan fingerprint density at radius 1 is 1.26 bits per heavy atom. The molecular formula is C18H26N2O3. The molecule has 126 valence electrons. The van der Waals surface area contributed by atoms with Crippen molar-refractivity contribution >= 4 is 10.9 Å². The van der Waals surface area contributed by atoms with Gasteiger partial charge in [-0.3, -0.25) is 0 Å². The van der Waals surface area contributed by atoms with E-state index in [0.29, 0.717) is 19.4 Å². The van der Waals surface area contributed by atoms with Gasteiger partial charge < -0.3 is 24.8 Å². The summed E-state index contributed by atoms with van der Waals surface area (Å²) in [7, 11) is 3.73. The molecule has 0 aliphatic heterocycles. The van der Waals surface area contributed by atoms with Crippen LogP contribution in [-0.4, -0.2) is 47.2 Å². The number of aryl methyl sites for hydroxylation is 1. The highest BCUT2D eigenvalue weighted by Gasteiger charge is 2.43. The van der Waals surface area contributed by atoms with Crippen LogP contribution in [0.25, 0.3) is 10.9 Å². The Labute approximate surface area is 136 Å². The van der Waals surface area contributed by atoms with E-state index >= 15 is 0 Å². The van der Waals surface area contributed by atoms with Crippen molar-refractivity contribution in [1.29, 1.82) is 0 Å². The van der Waals surface area contributed by atoms with E-state index in [1.165, 1.54) is 16.5 Å². The van der Waals surface area contributed by atoms with Gasteiger partial charge in [0.1, 0.15) is 0 Å². The molecule has 3 atom stereocenters. The van der Waals surface area contributed by atoms with Crippen molar-refractivity contribution in [1.82, 2.24) is 9.88 Å². The number of hydrogen-bond donors (Lipinski definition) is 3. The van der Waals surface area contributed by atoms with Crippen LogP contribution < -0.4 is 5.32 Å². The lowest BCUT2D eigenvalue weighted by atomic mass is 9.86. The Hall–Kier alpha value is -1.40. The minimum absolute atomic E-state index is 0.196. The van der Waals surface area contributed by atoms with Gasteiger partial charge in [0.15, 0.2) is 0 Å². The van der Waals surface area contributed by atoms with E-state index in [4.69, 9.17) is 4.74 Å². The van der Waals surface area contributed by atoms with Crippen LogP contribution in [0.3, 0.4) is 0 Å². The van der Waals surface area contributed by atoms with Gasteiger partial charge in [0, 0.05) is 49.8 Å². The van der Waals surface area contributed by atoms with Gasteiger partial charge in [-0.15, -0.1) is 0 Å². The summed E-state index contributed by atoms with van der Waals surface area (Å²) in [6, 6.07) is 8.37. The zero-order valence-corrected chi connectivity index (χ0v) is 13.8. The summed E-state index contributed by atoms with van der Waals surface area (Å²) in [5, 5.41) is 24.5. The third-order valence-corrected chi connectivity index (χ3v) is 4.97. The number of benzene rings is 1. The van der Waals surface area contributed by atoms with Crippen molar-refractivity contribution in [2.45, 2.75) is 31.6 Å². The highest BCUT2D eigenvalue weighted by atomic mass is 16.5. The SMILES string of the molecule is COCC1(CNCc2cn(C)c3ccccc23)C[C@@H](O)[C@@H](O)C1. The van der Waals surface area contributed by atoms with Crippen LogP contribution in [0.4, 0.5) is 0 Å². The molecule has 0 radical (unpaired) electrons. The van der Waals surface area contributed by atoms with E-state index in [0.717, 1.165) is 13.1 Å². The smallest absolute Gasteiger partial charge is 0.0806 e. The van der Waals surface area contributed by atoms with Crippen LogP contribution in [0.15, 0.2) is 30.5 Å². The van der Waals surface area contributed by atoms with Gasteiger partial charge in [0.25, 0.3) is 0 Å². The number of nitrogens with zero attached hydrogens (tertiary/aromatic N) is 1. The summed E-state index contributed by atoms with van der Waals surface area (Å²) >= 11 is 0. The van der Waals surface area contributed by atoms with Crippen molar-refractivity contribution in [3.63, 3.8) is 0 Å². The van der Waals surface area contributed by atoms with E-state index in [1.54, 1.807) is 7.11 Å². The molecule has 23 heavy (non-hydrogen) atoms. The maximum absolute atomic E-state index is 9.88. The third-order valence-electron chi connectivity index (χ3n) is 4.97. The van der Waals surface area contributed by atoms with Gasteiger partial charge in [0.05, 0.1) is 18.8 Å². The fourth-order valence-electron chi connectivity index (χ4n) is 3.89. The van der Waals surface area contributed by atoms with Crippen LogP contribution in [0.1, 0.15) is 18.4 Å². The first-order valence-corrected chi connectivity index (χ1v) is 8.13.